The predicted octanol–water partition coefficient (Wildman–Crippen LogP) is 1.26. The summed E-state index contributed by atoms with van der Waals surface area (Å²) in [5.41, 5.74) is 1.10. The molecule has 0 aliphatic carbocycles. The van der Waals surface area contributed by atoms with Crippen LogP contribution in [0.5, 0.6) is 5.75 Å². The standard InChI is InChI=1S/C13H18BrNO4/c1-9-3-4-12(11(14)5-9)19-8-13(17)15-6-10(16)7-18-2/h3-5,10,16H,6-8H2,1-2H3,(H,15,17). The van der Waals surface area contributed by atoms with Crippen LogP contribution in [0.15, 0.2) is 22.7 Å². The van der Waals surface area contributed by atoms with Crippen LogP contribution in [0.4, 0.5) is 0 Å². The van der Waals surface area contributed by atoms with Gasteiger partial charge < -0.3 is 19.9 Å². The zero-order chi connectivity index (χ0) is 14.3. The smallest absolute Gasteiger partial charge is 0.258 e. The number of hydrogen-bond acceptors (Lipinski definition) is 4. The molecule has 0 bridgehead atoms. The summed E-state index contributed by atoms with van der Waals surface area (Å²) in [6.07, 6.45) is -0.708. The molecule has 19 heavy (non-hydrogen) atoms. The summed E-state index contributed by atoms with van der Waals surface area (Å²) in [4.78, 5) is 11.5. The van der Waals surface area contributed by atoms with Gasteiger partial charge in [-0.1, -0.05) is 6.07 Å². The second-order valence-corrected chi connectivity index (χ2v) is 4.99. The summed E-state index contributed by atoms with van der Waals surface area (Å²) in [7, 11) is 1.49. The van der Waals surface area contributed by atoms with Crippen molar-refractivity contribution >= 4 is 21.8 Å². The van der Waals surface area contributed by atoms with Gasteiger partial charge in [-0.05, 0) is 40.5 Å². The lowest BCUT2D eigenvalue weighted by Crippen LogP contribution is -2.37. The minimum Gasteiger partial charge on any atom is -0.483 e. The molecule has 1 rings (SSSR count). The first-order chi connectivity index (χ1) is 9.02. The molecule has 2 N–H and O–H groups in total. The molecule has 1 amide bonds. The van der Waals surface area contributed by atoms with E-state index in [-0.39, 0.29) is 25.7 Å². The fourth-order valence-electron chi connectivity index (χ4n) is 1.40. The van der Waals surface area contributed by atoms with Gasteiger partial charge in [-0.2, -0.15) is 0 Å². The van der Waals surface area contributed by atoms with Gasteiger partial charge in [-0.15, -0.1) is 0 Å². The van der Waals surface area contributed by atoms with Gasteiger partial charge in [0.15, 0.2) is 6.61 Å². The quantitative estimate of drug-likeness (QED) is 0.789. The van der Waals surface area contributed by atoms with Crippen molar-refractivity contribution in [2.45, 2.75) is 13.0 Å². The molecule has 1 atom stereocenters. The molecule has 0 heterocycles. The Morgan fingerprint density at radius 3 is 2.89 bits per heavy atom. The molecule has 0 aliphatic rings. The average molecular weight is 332 g/mol. The highest BCUT2D eigenvalue weighted by atomic mass is 79.9. The second kappa shape index (κ2) is 8.14. The number of methoxy groups -OCH3 is 1. The number of aliphatic hydroxyl groups is 1. The van der Waals surface area contributed by atoms with E-state index in [1.54, 1.807) is 6.07 Å². The predicted molar refractivity (Wildman–Crippen MR) is 75.3 cm³/mol. The summed E-state index contributed by atoms with van der Waals surface area (Å²) in [6.45, 7) is 2.20. The zero-order valence-electron chi connectivity index (χ0n) is 11.0. The molecule has 0 fully saturated rings. The highest BCUT2D eigenvalue weighted by molar-refractivity contribution is 9.10. The Labute approximate surface area is 121 Å². The normalized spacial score (nSPS) is 12.0. The van der Waals surface area contributed by atoms with Crippen LogP contribution in [0.25, 0.3) is 0 Å². The van der Waals surface area contributed by atoms with Gasteiger partial charge in [-0.3, -0.25) is 4.79 Å². The number of amides is 1. The molecule has 1 aromatic carbocycles. The maximum atomic E-state index is 11.5. The van der Waals surface area contributed by atoms with Gasteiger partial charge in [0.1, 0.15) is 5.75 Å². The third-order valence-electron chi connectivity index (χ3n) is 2.34. The van der Waals surface area contributed by atoms with Crippen LogP contribution in [0.1, 0.15) is 5.56 Å². The van der Waals surface area contributed by atoms with E-state index >= 15 is 0 Å². The highest BCUT2D eigenvalue weighted by Crippen LogP contribution is 2.25. The molecule has 1 unspecified atom stereocenters. The van der Waals surface area contributed by atoms with Crippen LogP contribution in [0.2, 0.25) is 0 Å². The molecule has 106 valence electrons. The lowest BCUT2D eigenvalue weighted by molar-refractivity contribution is -0.123. The van der Waals surface area contributed by atoms with Crippen LogP contribution in [-0.4, -0.2) is 44.0 Å². The van der Waals surface area contributed by atoms with Crippen molar-refractivity contribution in [2.24, 2.45) is 0 Å². The van der Waals surface area contributed by atoms with E-state index in [9.17, 15) is 9.90 Å². The molecule has 0 aliphatic heterocycles. The number of hydrogen-bond donors (Lipinski definition) is 2. The van der Waals surface area contributed by atoms with E-state index in [1.165, 1.54) is 7.11 Å². The van der Waals surface area contributed by atoms with E-state index < -0.39 is 6.10 Å². The summed E-state index contributed by atoms with van der Waals surface area (Å²) < 4.78 is 10.9. The molecular weight excluding hydrogens is 314 g/mol. The van der Waals surface area contributed by atoms with Gasteiger partial charge in [0, 0.05) is 13.7 Å². The van der Waals surface area contributed by atoms with Crippen LogP contribution >= 0.6 is 15.9 Å². The molecule has 5 nitrogen and oxygen atoms in total. The SMILES string of the molecule is COCC(O)CNC(=O)COc1ccc(C)cc1Br. The first kappa shape index (κ1) is 15.9. The van der Waals surface area contributed by atoms with Crippen LogP contribution in [-0.2, 0) is 9.53 Å². The van der Waals surface area contributed by atoms with Crippen molar-refractivity contribution in [3.63, 3.8) is 0 Å². The van der Waals surface area contributed by atoms with Crippen LogP contribution < -0.4 is 10.1 Å². The van der Waals surface area contributed by atoms with E-state index in [2.05, 4.69) is 21.2 Å². The maximum Gasteiger partial charge on any atom is 0.258 e. The van der Waals surface area contributed by atoms with Gasteiger partial charge in [0.05, 0.1) is 17.2 Å². The molecule has 6 heteroatoms. The molecule has 0 spiro atoms. The molecule has 0 aromatic heterocycles. The Balaban J connectivity index is 2.33. The molecule has 0 saturated heterocycles. The largest absolute Gasteiger partial charge is 0.483 e. The highest BCUT2D eigenvalue weighted by Gasteiger charge is 2.08. The van der Waals surface area contributed by atoms with Crippen molar-refractivity contribution in [1.82, 2.24) is 5.32 Å². The zero-order valence-corrected chi connectivity index (χ0v) is 12.6. The average Bonchev–Trinajstić information content (AvgIpc) is 2.35. The molecule has 0 radical (unpaired) electrons. The van der Waals surface area contributed by atoms with Crippen molar-refractivity contribution in [2.75, 3.05) is 26.9 Å². The second-order valence-electron chi connectivity index (χ2n) is 4.14. The number of halogens is 1. The first-order valence-electron chi connectivity index (χ1n) is 5.85. The number of carbonyl (C=O) groups is 1. The summed E-state index contributed by atoms with van der Waals surface area (Å²) >= 11 is 3.37. The minimum atomic E-state index is -0.708. The lowest BCUT2D eigenvalue weighted by atomic mass is 10.2. The van der Waals surface area contributed by atoms with Crippen molar-refractivity contribution in [1.29, 1.82) is 0 Å². The molecule has 1 aromatic rings. The Morgan fingerprint density at radius 1 is 1.53 bits per heavy atom. The van der Waals surface area contributed by atoms with Crippen molar-refractivity contribution in [3.05, 3.63) is 28.2 Å². The Morgan fingerprint density at radius 2 is 2.26 bits per heavy atom. The van der Waals surface area contributed by atoms with Crippen LogP contribution in [0, 0.1) is 6.92 Å². The van der Waals surface area contributed by atoms with E-state index in [0.717, 1.165) is 10.0 Å². The van der Waals surface area contributed by atoms with E-state index in [1.807, 2.05) is 19.1 Å². The van der Waals surface area contributed by atoms with Crippen LogP contribution in [0.3, 0.4) is 0 Å². The third-order valence-corrected chi connectivity index (χ3v) is 2.96. The van der Waals surface area contributed by atoms with Crippen molar-refractivity contribution in [3.8, 4) is 5.75 Å². The summed E-state index contributed by atoms with van der Waals surface area (Å²) in [5, 5.41) is 11.9. The number of aliphatic hydroxyl groups excluding tert-OH is 1. The van der Waals surface area contributed by atoms with Crippen molar-refractivity contribution < 1.29 is 19.4 Å². The fraction of sp³-hybridized carbons (Fsp3) is 0.462. The van der Waals surface area contributed by atoms with E-state index in [4.69, 9.17) is 9.47 Å². The molecule has 0 saturated carbocycles. The maximum absolute atomic E-state index is 11.5. The number of rotatable bonds is 7. The number of nitrogens with one attached hydrogen (secondary N) is 1. The Kier molecular flexibility index (Phi) is 6.83. The summed E-state index contributed by atoms with van der Waals surface area (Å²) in [6, 6.07) is 5.61. The third kappa shape index (κ3) is 6.04. The van der Waals surface area contributed by atoms with Gasteiger partial charge in [0.25, 0.3) is 5.91 Å². The minimum absolute atomic E-state index is 0.0959. The fourth-order valence-corrected chi connectivity index (χ4v) is 2.01. The monoisotopic (exact) mass is 331 g/mol. The summed E-state index contributed by atoms with van der Waals surface area (Å²) in [5.74, 6) is 0.320. The lowest BCUT2D eigenvalue weighted by Gasteiger charge is -2.12. The van der Waals surface area contributed by atoms with E-state index in [0.29, 0.717) is 5.75 Å². The number of benzene rings is 1. The molecular formula is C13H18BrNO4. The number of ether oxygens (including phenoxy) is 2. The van der Waals surface area contributed by atoms with Gasteiger partial charge in [-0.25, -0.2) is 0 Å². The van der Waals surface area contributed by atoms with Gasteiger partial charge >= 0.3 is 0 Å². The Hall–Kier alpha value is -1.11. The number of carbonyl (C=O) groups excluding carboxylic acids is 1. The Bertz CT molecular complexity index is 425. The topological polar surface area (TPSA) is 67.8 Å². The number of aryl methyl sites for hydroxylation is 1. The van der Waals surface area contributed by atoms with Gasteiger partial charge in [0.2, 0.25) is 0 Å². The first-order valence-corrected chi connectivity index (χ1v) is 6.65.